The highest BCUT2D eigenvalue weighted by atomic mass is 32.1. The number of aryl methyl sites for hydroxylation is 2. The summed E-state index contributed by atoms with van der Waals surface area (Å²) >= 11 is 1.66. The Bertz CT molecular complexity index is 580. The molecule has 1 amide bonds. The van der Waals surface area contributed by atoms with E-state index in [4.69, 9.17) is 0 Å². The predicted molar refractivity (Wildman–Crippen MR) is 76.3 cm³/mol. The Morgan fingerprint density at radius 3 is 2.47 bits per heavy atom. The van der Waals surface area contributed by atoms with Crippen LogP contribution in [0.3, 0.4) is 0 Å². The Hall–Kier alpha value is -1.75. The van der Waals surface area contributed by atoms with Gasteiger partial charge in [-0.05, 0) is 32.9 Å². The van der Waals surface area contributed by atoms with Crippen LogP contribution >= 0.6 is 11.3 Å². The summed E-state index contributed by atoms with van der Waals surface area (Å²) in [5, 5.41) is 1.03. The first-order chi connectivity index (χ1) is 9.00. The molecule has 0 bridgehead atoms. The summed E-state index contributed by atoms with van der Waals surface area (Å²) in [5.74, 6) is -0.0139. The molecule has 1 atom stereocenters. The predicted octanol–water partition coefficient (Wildman–Crippen LogP) is 2.99. The van der Waals surface area contributed by atoms with Crippen molar-refractivity contribution in [2.45, 2.75) is 26.8 Å². The van der Waals surface area contributed by atoms with Gasteiger partial charge in [0.05, 0.1) is 16.7 Å². The van der Waals surface area contributed by atoms with Gasteiger partial charge in [-0.25, -0.2) is 4.98 Å². The minimum absolute atomic E-state index is 0.0139. The van der Waals surface area contributed by atoms with Crippen LogP contribution in [-0.4, -0.2) is 27.8 Å². The second kappa shape index (κ2) is 5.48. The van der Waals surface area contributed by atoms with Gasteiger partial charge in [0.2, 0.25) is 0 Å². The van der Waals surface area contributed by atoms with Crippen LogP contribution in [0.15, 0.2) is 24.5 Å². The summed E-state index contributed by atoms with van der Waals surface area (Å²) < 4.78 is 0. The van der Waals surface area contributed by atoms with Crippen molar-refractivity contribution in [3.05, 3.63) is 45.7 Å². The van der Waals surface area contributed by atoms with E-state index in [1.54, 1.807) is 40.8 Å². The fraction of sp³-hybridized carbons (Fsp3) is 0.357. The van der Waals surface area contributed by atoms with Gasteiger partial charge in [0.25, 0.3) is 5.91 Å². The molecule has 2 rings (SSSR count). The summed E-state index contributed by atoms with van der Waals surface area (Å²) in [6, 6.07) is 3.42. The third-order valence-corrected chi connectivity index (χ3v) is 4.07. The number of hydrogen-bond donors (Lipinski definition) is 0. The van der Waals surface area contributed by atoms with Crippen molar-refractivity contribution in [3.63, 3.8) is 0 Å². The molecule has 0 saturated carbocycles. The summed E-state index contributed by atoms with van der Waals surface area (Å²) in [7, 11) is 1.81. The third kappa shape index (κ3) is 2.81. The van der Waals surface area contributed by atoms with Crippen molar-refractivity contribution >= 4 is 17.2 Å². The van der Waals surface area contributed by atoms with Crippen molar-refractivity contribution in [3.8, 4) is 0 Å². The maximum absolute atomic E-state index is 12.4. The highest BCUT2D eigenvalue weighted by molar-refractivity contribution is 7.11. The van der Waals surface area contributed by atoms with Gasteiger partial charge in [0, 0.05) is 29.9 Å². The molecule has 100 valence electrons. The molecule has 5 heteroatoms. The zero-order valence-electron chi connectivity index (χ0n) is 11.5. The van der Waals surface area contributed by atoms with Crippen molar-refractivity contribution in [1.29, 1.82) is 0 Å². The Balaban J connectivity index is 2.22. The molecule has 0 aliphatic carbocycles. The summed E-state index contributed by atoms with van der Waals surface area (Å²) in [6.45, 7) is 6.03. The standard InChI is InChI=1S/C14H17N3OS/c1-9(13-10(2)19-11(3)16-13)17(4)14(18)12-5-7-15-8-6-12/h5-9H,1-4H3. The summed E-state index contributed by atoms with van der Waals surface area (Å²) in [5.41, 5.74) is 1.63. The molecular weight excluding hydrogens is 258 g/mol. The summed E-state index contributed by atoms with van der Waals surface area (Å²) in [6.07, 6.45) is 3.26. The quantitative estimate of drug-likeness (QED) is 0.865. The number of thiazole rings is 1. The van der Waals surface area contributed by atoms with Crippen LogP contribution in [0, 0.1) is 13.8 Å². The third-order valence-electron chi connectivity index (χ3n) is 3.16. The number of aromatic nitrogens is 2. The van der Waals surface area contributed by atoms with E-state index >= 15 is 0 Å². The molecular formula is C14H17N3OS. The molecule has 4 nitrogen and oxygen atoms in total. The van der Waals surface area contributed by atoms with Crippen molar-refractivity contribution in [2.75, 3.05) is 7.05 Å². The summed E-state index contributed by atoms with van der Waals surface area (Å²) in [4.78, 5) is 23.7. The highest BCUT2D eigenvalue weighted by Gasteiger charge is 2.22. The minimum Gasteiger partial charge on any atom is -0.333 e. The monoisotopic (exact) mass is 275 g/mol. The van der Waals surface area contributed by atoms with E-state index < -0.39 is 0 Å². The first-order valence-electron chi connectivity index (χ1n) is 6.12. The van der Waals surface area contributed by atoms with Gasteiger partial charge in [-0.2, -0.15) is 0 Å². The number of carbonyl (C=O) groups excluding carboxylic acids is 1. The molecule has 1 unspecified atom stereocenters. The van der Waals surface area contributed by atoms with Crippen LogP contribution in [0.1, 0.15) is 38.9 Å². The van der Waals surface area contributed by atoms with E-state index in [-0.39, 0.29) is 11.9 Å². The first-order valence-corrected chi connectivity index (χ1v) is 6.93. The molecule has 0 spiro atoms. The lowest BCUT2D eigenvalue weighted by Gasteiger charge is -2.24. The van der Waals surface area contributed by atoms with Crippen LogP contribution < -0.4 is 0 Å². The molecule has 19 heavy (non-hydrogen) atoms. The van der Waals surface area contributed by atoms with E-state index in [9.17, 15) is 4.79 Å². The average molecular weight is 275 g/mol. The normalized spacial score (nSPS) is 12.2. The number of nitrogens with zero attached hydrogens (tertiary/aromatic N) is 3. The van der Waals surface area contributed by atoms with E-state index in [1.165, 1.54) is 4.88 Å². The topological polar surface area (TPSA) is 46.1 Å². The maximum atomic E-state index is 12.4. The van der Waals surface area contributed by atoms with Crippen LogP contribution in [0.25, 0.3) is 0 Å². The Morgan fingerprint density at radius 2 is 1.95 bits per heavy atom. The SMILES string of the molecule is Cc1nc(C(C)N(C)C(=O)c2ccncc2)c(C)s1. The molecule has 2 aromatic rings. The smallest absolute Gasteiger partial charge is 0.254 e. The van der Waals surface area contributed by atoms with E-state index in [1.807, 2.05) is 27.8 Å². The van der Waals surface area contributed by atoms with Crippen LogP contribution in [0.2, 0.25) is 0 Å². The van der Waals surface area contributed by atoms with Crippen molar-refractivity contribution in [1.82, 2.24) is 14.9 Å². The molecule has 0 N–H and O–H groups in total. The molecule has 2 aromatic heterocycles. The number of pyridine rings is 1. The molecule has 0 aromatic carbocycles. The number of amides is 1. The lowest BCUT2D eigenvalue weighted by molar-refractivity contribution is 0.0739. The van der Waals surface area contributed by atoms with Gasteiger partial charge in [0.1, 0.15) is 0 Å². The lowest BCUT2D eigenvalue weighted by atomic mass is 10.1. The van der Waals surface area contributed by atoms with Gasteiger partial charge in [-0.3, -0.25) is 9.78 Å². The number of hydrogen-bond acceptors (Lipinski definition) is 4. The minimum atomic E-state index is -0.0365. The van der Waals surface area contributed by atoms with E-state index in [2.05, 4.69) is 9.97 Å². The molecule has 0 saturated heterocycles. The second-order valence-corrected chi connectivity index (χ2v) is 5.91. The van der Waals surface area contributed by atoms with E-state index in [0.717, 1.165) is 10.7 Å². The van der Waals surface area contributed by atoms with Gasteiger partial charge < -0.3 is 4.90 Å². The fourth-order valence-corrected chi connectivity index (χ4v) is 2.90. The average Bonchev–Trinajstić information content (AvgIpc) is 2.76. The van der Waals surface area contributed by atoms with Gasteiger partial charge in [-0.1, -0.05) is 0 Å². The lowest BCUT2D eigenvalue weighted by Crippen LogP contribution is -2.30. The molecule has 0 fully saturated rings. The highest BCUT2D eigenvalue weighted by Crippen LogP contribution is 2.26. The fourth-order valence-electron chi connectivity index (χ4n) is 1.99. The van der Waals surface area contributed by atoms with Crippen molar-refractivity contribution in [2.24, 2.45) is 0 Å². The Kier molecular flexibility index (Phi) is 3.95. The molecule has 0 aliphatic heterocycles. The first kappa shape index (κ1) is 13.7. The number of rotatable bonds is 3. The van der Waals surface area contributed by atoms with Crippen LogP contribution in [-0.2, 0) is 0 Å². The van der Waals surface area contributed by atoms with E-state index in [0.29, 0.717) is 5.56 Å². The second-order valence-electron chi connectivity index (χ2n) is 4.50. The van der Waals surface area contributed by atoms with Crippen molar-refractivity contribution < 1.29 is 4.79 Å². The van der Waals surface area contributed by atoms with Gasteiger partial charge in [-0.15, -0.1) is 11.3 Å². The molecule has 2 heterocycles. The maximum Gasteiger partial charge on any atom is 0.254 e. The Labute approximate surface area is 117 Å². The van der Waals surface area contributed by atoms with Gasteiger partial charge >= 0.3 is 0 Å². The number of carbonyl (C=O) groups is 1. The zero-order chi connectivity index (χ0) is 14.0. The Morgan fingerprint density at radius 1 is 1.32 bits per heavy atom. The van der Waals surface area contributed by atoms with Crippen LogP contribution in [0.5, 0.6) is 0 Å². The molecule has 0 aliphatic rings. The molecule has 0 radical (unpaired) electrons. The zero-order valence-corrected chi connectivity index (χ0v) is 12.4. The largest absolute Gasteiger partial charge is 0.333 e. The van der Waals surface area contributed by atoms with Gasteiger partial charge in [0.15, 0.2) is 0 Å². The van der Waals surface area contributed by atoms with Crippen LogP contribution in [0.4, 0.5) is 0 Å².